The molecule has 1 N–H and O–H groups in total. The van der Waals surface area contributed by atoms with Crippen molar-refractivity contribution in [1.82, 2.24) is 5.32 Å². The van der Waals surface area contributed by atoms with Crippen LogP contribution in [-0.2, 0) is 11.2 Å². The predicted octanol–water partition coefficient (Wildman–Crippen LogP) is 2.78. The first-order chi connectivity index (χ1) is 8.38. The van der Waals surface area contributed by atoms with E-state index in [1.807, 2.05) is 7.05 Å². The minimum Gasteiger partial charge on any atom is -0.378 e. The molecule has 1 saturated carbocycles. The molecule has 1 fully saturated rings. The summed E-state index contributed by atoms with van der Waals surface area (Å²) in [7, 11) is 2.04. The number of aryl methyl sites for hydroxylation is 1. The molecular formula is C15H23NO. The summed E-state index contributed by atoms with van der Waals surface area (Å²) in [6.07, 6.45) is 6.41. The third-order valence-electron chi connectivity index (χ3n) is 3.60. The van der Waals surface area contributed by atoms with Gasteiger partial charge in [-0.1, -0.05) is 30.3 Å². The largest absolute Gasteiger partial charge is 0.378 e. The van der Waals surface area contributed by atoms with Crippen LogP contribution >= 0.6 is 0 Å². The predicted molar refractivity (Wildman–Crippen MR) is 71.2 cm³/mol. The molecule has 0 aliphatic heterocycles. The van der Waals surface area contributed by atoms with Gasteiger partial charge in [-0.15, -0.1) is 0 Å². The van der Waals surface area contributed by atoms with Gasteiger partial charge in [0.15, 0.2) is 0 Å². The summed E-state index contributed by atoms with van der Waals surface area (Å²) in [5.41, 5.74) is 1.41. The van der Waals surface area contributed by atoms with Crippen LogP contribution in [0.3, 0.4) is 0 Å². The molecule has 2 unspecified atom stereocenters. The van der Waals surface area contributed by atoms with Gasteiger partial charge in [0.1, 0.15) is 0 Å². The molecule has 2 nitrogen and oxygen atoms in total. The van der Waals surface area contributed by atoms with Crippen molar-refractivity contribution in [2.45, 2.75) is 44.2 Å². The average molecular weight is 233 g/mol. The van der Waals surface area contributed by atoms with E-state index in [4.69, 9.17) is 4.74 Å². The Bertz CT molecular complexity index is 312. The molecule has 0 spiro atoms. The zero-order chi connectivity index (χ0) is 11.9. The summed E-state index contributed by atoms with van der Waals surface area (Å²) in [6, 6.07) is 11.3. The Morgan fingerprint density at radius 2 is 2.06 bits per heavy atom. The molecule has 0 aromatic heterocycles. The van der Waals surface area contributed by atoms with Crippen LogP contribution in [0, 0.1) is 0 Å². The van der Waals surface area contributed by atoms with E-state index in [9.17, 15) is 0 Å². The zero-order valence-electron chi connectivity index (χ0n) is 10.7. The molecule has 0 saturated heterocycles. The van der Waals surface area contributed by atoms with E-state index in [-0.39, 0.29) is 0 Å². The van der Waals surface area contributed by atoms with Gasteiger partial charge in [0.05, 0.1) is 6.10 Å². The Kier molecular flexibility index (Phi) is 5.02. The highest BCUT2D eigenvalue weighted by atomic mass is 16.5. The fraction of sp³-hybridized carbons (Fsp3) is 0.600. The minimum atomic E-state index is 0.489. The van der Waals surface area contributed by atoms with Crippen LogP contribution in [0.25, 0.3) is 0 Å². The van der Waals surface area contributed by atoms with Crippen LogP contribution < -0.4 is 5.32 Å². The van der Waals surface area contributed by atoms with Crippen molar-refractivity contribution in [3.05, 3.63) is 35.9 Å². The summed E-state index contributed by atoms with van der Waals surface area (Å²) in [5.74, 6) is 0. The van der Waals surface area contributed by atoms with Crippen molar-refractivity contribution >= 4 is 0 Å². The number of ether oxygens (including phenoxy) is 1. The Morgan fingerprint density at radius 1 is 1.24 bits per heavy atom. The summed E-state index contributed by atoms with van der Waals surface area (Å²) in [5, 5.41) is 3.33. The molecule has 1 aliphatic rings. The van der Waals surface area contributed by atoms with Gasteiger partial charge in [0.2, 0.25) is 0 Å². The second-order valence-electron chi connectivity index (χ2n) is 4.88. The first-order valence-electron chi connectivity index (χ1n) is 6.71. The van der Waals surface area contributed by atoms with Crippen molar-refractivity contribution in [1.29, 1.82) is 0 Å². The number of hydrogen-bond donors (Lipinski definition) is 1. The van der Waals surface area contributed by atoms with Crippen LogP contribution in [0.15, 0.2) is 30.3 Å². The minimum absolute atomic E-state index is 0.489. The Labute approximate surface area is 104 Å². The molecule has 0 heterocycles. The van der Waals surface area contributed by atoms with E-state index in [0.29, 0.717) is 12.1 Å². The van der Waals surface area contributed by atoms with Crippen molar-refractivity contribution in [3.8, 4) is 0 Å². The first-order valence-corrected chi connectivity index (χ1v) is 6.71. The molecule has 94 valence electrons. The highest BCUT2D eigenvalue weighted by molar-refractivity contribution is 5.14. The quantitative estimate of drug-likeness (QED) is 0.763. The monoisotopic (exact) mass is 233 g/mol. The number of nitrogens with one attached hydrogen (secondary N) is 1. The van der Waals surface area contributed by atoms with Crippen LogP contribution in [0.4, 0.5) is 0 Å². The molecule has 1 aromatic carbocycles. The van der Waals surface area contributed by atoms with Crippen molar-refractivity contribution in [3.63, 3.8) is 0 Å². The Morgan fingerprint density at radius 3 is 2.76 bits per heavy atom. The van der Waals surface area contributed by atoms with Gasteiger partial charge in [-0.05, 0) is 44.7 Å². The molecule has 0 radical (unpaired) electrons. The summed E-state index contributed by atoms with van der Waals surface area (Å²) in [4.78, 5) is 0. The molecular weight excluding hydrogens is 210 g/mol. The van der Waals surface area contributed by atoms with Crippen LogP contribution in [0.5, 0.6) is 0 Å². The van der Waals surface area contributed by atoms with Crippen LogP contribution in [-0.4, -0.2) is 25.8 Å². The first kappa shape index (κ1) is 12.6. The van der Waals surface area contributed by atoms with E-state index in [0.717, 1.165) is 19.4 Å². The molecule has 0 amide bonds. The maximum Gasteiger partial charge on any atom is 0.0590 e. The fourth-order valence-electron chi connectivity index (χ4n) is 2.52. The second kappa shape index (κ2) is 6.77. The fourth-order valence-corrected chi connectivity index (χ4v) is 2.52. The molecule has 17 heavy (non-hydrogen) atoms. The number of rotatable bonds is 6. The van der Waals surface area contributed by atoms with Crippen molar-refractivity contribution < 1.29 is 4.74 Å². The smallest absolute Gasteiger partial charge is 0.0590 e. The van der Waals surface area contributed by atoms with E-state index in [2.05, 4.69) is 35.6 Å². The molecule has 1 aromatic rings. The van der Waals surface area contributed by atoms with Gasteiger partial charge < -0.3 is 10.1 Å². The third-order valence-corrected chi connectivity index (χ3v) is 3.60. The topological polar surface area (TPSA) is 21.3 Å². The van der Waals surface area contributed by atoms with E-state index in [1.54, 1.807) is 0 Å². The second-order valence-corrected chi connectivity index (χ2v) is 4.88. The number of benzene rings is 1. The lowest BCUT2D eigenvalue weighted by Gasteiger charge is -2.12. The SMILES string of the molecule is CNC1CCC(OCCCc2ccccc2)C1. The number of hydrogen-bond acceptors (Lipinski definition) is 2. The van der Waals surface area contributed by atoms with Gasteiger partial charge in [-0.2, -0.15) is 0 Å². The van der Waals surface area contributed by atoms with E-state index < -0.39 is 0 Å². The third kappa shape index (κ3) is 4.14. The van der Waals surface area contributed by atoms with Gasteiger partial charge >= 0.3 is 0 Å². The molecule has 1 aliphatic carbocycles. The lowest BCUT2D eigenvalue weighted by atomic mass is 10.1. The summed E-state index contributed by atoms with van der Waals surface area (Å²) >= 11 is 0. The van der Waals surface area contributed by atoms with E-state index >= 15 is 0 Å². The molecule has 2 heteroatoms. The Hall–Kier alpha value is -0.860. The van der Waals surface area contributed by atoms with Gasteiger partial charge in [-0.25, -0.2) is 0 Å². The Balaban J connectivity index is 1.58. The standard InChI is InChI=1S/C15H23NO/c1-16-14-9-10-15(12-14)17-11-5-8-13-6-3-2-4-7-13/h2-4,6-7,14-16H,5,8-12H2,1H3. The van der Waals surface area contributed by atoms with Crippen molar-refractivity contribution in [2.75, 3.05) is 13.7 Å². The highest BCUT2D eigenvalue weighted by Gasteiger charge is 2.23. The zero-order valence-corrected chi connectivity index (χ0v) is 10.7. The van der Waals surface area contributed by atoms with Gasteiger partial charge in [0.25, 0.3) is 0 Å². The maximum atomic E-state index is 5.92. The highest BCUT2D eigenvalue weighted by Crippen LogP contribution is 2.21. The van der Waals surface area contributed by atoms with E-state index in [1.165, 1.54) is 24.8 Å². The molecule has 2 rings (SSSR count). The average Bonchev–Trinajstić information content (AvgIpc) is 2.84. The summed E-state index contributed by atoms with van der Waals surface area (Å²) in [6.45, 7) is 0.899. The lowest BCUT2D eigenvalue weighted by molar-refractivity contribution is 0.0555. The normalized spacial score (nSPS) is 24.1. The lowest BCUT2D eigenvalue weighted by Crippen LogP contribution is -2.22. The van der Waals surface area contributed by atoms with Crippen molar-refractivity contribution in [2.24, 2.45) is 0 Å². The molecule has 2 atom stereocenters. The summed E-state index contributed by atoms with van der Waals surface area (Å²) < 4.78 is 5.92. The van der Waals surface area contributed by atoms with Crippen LogP contribution in [0.2, 0.25) is 0 Å². The van der Waals surface area contributed by atoms with Gasteiger partial charge in [0, 0.05) is 12.6 Å². The van der Waals surface area contributed by atoms with Crippen LogP contribution in [0.1, 0.15) is 31.2 Å². The van der Waals surface area contributed by atoms with Gasteiger partial charge in [-0.3, -0.25) is 0 Å². The maximum absolute atomic E-state index is 5.92. The molecule has 0 bridgehead atoms.